The number of carbonyl (C=O) groups is 1. The molecule has 2 nitrogen and oxygen atoms in total. The van der Waals surface area contributed by atoms with Crippen LogP contribution in [0.1, 0.15) is 33.7 Å². The second kappa shape index (κ2) is 7.68. The number of anilines is 1. The Labute approximate surface area is 210 Å². The maximum absolute atomic E-state index is 13.7. The first-order chi connectivity index (χ1) is 16.0. The van der Waals surface area contributed by atoms with Gasteiger partial charge in [-0.1, -0.05) is 94.8 Å². The summed E-state index contributed by atoms with van der Waals surface area (Å²) in [5.41, 5.74) is 6.22. The molecular formula is C29H21Br2NO. The first-order valence-corrected chi connectivity index (χ1v) is 12.6. The zero-order chi connectivity index (χ0) is 22.7. The van der Waals surface area contributed by atoms with Crippen molar-refractivity contribution >= 4 is 60.3 Å². The molecule has 2 aliphatic rings. The van der Waals surface area contributed by atoms with E-state index < -0.39 is 5.41 Å². The monoisotopic (exact) mass is 557 g/mol. The zero-order valence-electron chi connectivity index (χ0n) is 18.0. The van der Waals surface area contributed by atoms with Crippen molar-refractivity contribution in [2.24, 2.45) is 0 Å². The van der Waals surface area contributed by atoms with Gasteiger partial charge in [0.05, 0.1) is 11.6 Å². The molecular weight excluding hydrogens is 538 g/mol. The van der Waals surface area contributed by atoms with Gasteiger partial charge in [0.25, 0.3) is 0 Å². The van der Waals surface area contributed by atoms with Crippen LogP contribution in [-0.4, -0.2) is 5.91 Å². The van der Waals surface area contributed by atoms with E-state index in [1.807, 2.05) is 6.07 Å². The Morgan fingerprint density at radius 2 is 1.67 bits per heavy atom. The summed E-state index contributed by atoms with van der Waals surface area (Å²) in [5.74, 6) is -0.276. The Morgan fingerprint density at radius 3 is 2.52 bits per heavy atom. The average molecular weight is 559 g/mol. The van der Waals surface area contributed by atoms with Crippen LogP contribution in [0.15, 0.2) is 87.8 Å². The number of hydrogen-bond acceptors (Lipinski definition) is 1. The molecule has 0 saturated heterocycles. The topological polar surface area (TPSA) is 29.1 Å². The molecule has 2 atom stereocenters. The third-order valence-corrected chi connectivity index (χ3v) is 8.62. The Balaban J connectivity index is 1.58. The SMILES string of the molecule is Cc1c(Br)cc(Br)c2c1C(C1(Cc3ccc4ccccc4c3)C=Cc3ccccc31)C(=O)N2. The van der Waals surface area contributed by atoms with Crippen LogP contribution in [0.25, 0.3) is 16.8 Å². The lowest BCUT2D eigenvalue weighted by molar-refractivity contribution is -0.118. The average Bonchev–Trinajstić information content (AvgIpc) is 3.36. The van der Waals surface area contributed by atoms with Gasteiger partial charge in [0.2, 0.25) is 5.91 Å². The van der Waals surface area contributed by atoms with Gasteiger partial charge in [-0.25, -0.2) is 0 Å². The van der Waals surface area contributed by atoms with Crippen molar-refractivity contribution in [2.75, 3.05) is 5.32 Å². The highest BCUT2D eigenvalue weighted by atomic mass is 79.9. The molecule has 1 amide bonds. The van der Waals surface area contributed by atoms with E-state index in [0.717, 1.165) is 32.2 Å². The van der Waals surface area contributed by atoms with Crippen LogP contribution in [0.2, 0.25) is 0 Å². The molecule has 6 rings (SSSR count). The minimum Gasteiger partial charge on any atom is -0.324 e. The van der Waals surface area contributed by atoms with Crippen LogP contribution in [0.5, 0.6) is 0 Å². The van der Waals surface area contributed by atoms with Crippen molar-refractivity contribution in [3.63, 3.8) is 0 Å². The van der Waals surface area contributed by atoms with Crippen molar-refractivity contribution in [3.05, 3.63) is 116 Å². The molecule has 1 N–H and O–H groups in total. The van der Waals surface area contributed by atoms with Crippen LogP contribution in [-0.2, 0) is 16.6 Å². The summed E-state index contributed by atoms with van der Waals surface area (Å²) in [5, 5.41) is 5.64. The van der Waals surface area contributed by atoms with Crippen LogP contribution >= 0.6 is 31.9 Å². The van der Waals surface area contributed by atoms with Gasteiger partial charge in [-0.2, -0.15) is 0 Å². The highest BCUT2D eigenvalue weighted by Crippen LogP contribution is 2.55. The summed E-state index contributed by atoms with van der Waals surface area (Å²) in [6.45, 7) is 2.09. The van der Waals surface area contributed by atoms with Gasteiger partial charge in [0.1, 0.15) is 0 Å². The molecule has 0 spiro atoms. The predicted molar refractivity (Wildman–Crippen MR) is 143 cm³/mol. The van der Waals surface area contributed by atoms with Crippen molar-refractivity contribution in [3.8, 4) is 0 Å². The van der Waals surface area contributed by atoms with Gasteiger partial charge in [0, 0.05) is 14.4 Å². The molecule has 33 heavy (non-hydrogen) atoms. The second-order valence-electron chi connectivity index (χ2n) is 9.00. The van der Waals surface area contributed by atoms with E-state index >= 15 is 0 Å². The summed E-state index contributed by atoms with van der Waals surface area (Å²) in [7, 11) is 0. The number of fused-ring (bicyclic) bond motifs is 3. The Morgan fingerprint density at radius 1 is 0.909 bits per heavy atom. The fraction of sp³-hybridized carbons (Fsp3) is 0.138. The number of rotatable bonds is 3. The Hall–Kier alpha value is -2.69. The van der Waals surface area contributed by atoms with Crippen molar-refractivity contribution in [1.82, 2.24) is 0 Å². The number of benzene rings is 4. The van der Waals surface area contributed by atoms with E-state index in [4.69, 9.17) is 0 Å². The summed E-state index contributed by atoms with van der Waals surface area (Å²) >= 11 is 7.39. The van der Waals surface area contributed by atoms with Gasteiger partial charge < -0.3 is 5.32 Å². The highest BCUT2D eigenvalue weighted by molar-refractivity contribution is 9.11. The normalized spacial score (nSPS) is 20.7. The zero-order valence-corrected chi connectivity index (χ0v) is 21.2. The van der Waals surface area contributed by atoms with Crippen LogP contribution in [0.4, 0.5) is 5.69 Å². The van der Waals surface area contributed by atoms with E-state index in [1.165, 1.54) is 27.5 Å². The molecule has 0 fully saturated rings. The highest BCUT2D eigenvalue weighted by Gasteiger charge is 2.51. The number of nitrogens with one attached hydrogen (secondary N) is 1. The summed E-state index contributed by atoms with van der Waals surface area (Å²) in [6, 6.07) is 25.6. The summed E-state index contributed by atoms with van der Waals surface area (Å²) < 4.78 is 1.91. The Kier molecular flexibility index (Phi) is 4.86. The van der Waals surface area contributed by atoms with Crippen LogP contribution in [0, 0.1) is 6.92 Å². The molecule has 4 heteroatoms. The molecule has 162 valence electrons. The predicted octanol–water partition coefficient (Wildman–Crippen LogP) is 7.92. The molecule has 2 unspecified atom stereocenters. The van der Waals surface area contributed by atoms with E-state index in [1.54, 1.807) is 0 Å². The van der Waals surface area contributed by atoms with Gasteiger partial charge in [-0.15, -0.1) is 0 Å². The number of amides is 1. The third kappa shape index (κ3) is 3.15. The van der Waals surface area contributed by atoms with E-state index in [-0.39, 0.29) is 11.8 Å². The number of allylic oxidation sites excluding steroid dienone is 1. The maximum atomic E-state index is 13.7. The number of carbonyl (C=O) groups excluding carboxylic acids is 1. The quantitative estimate of drug-likeness (QED) is 0.272. The second-order valence-corrected chi connectivity index (χ2v) is 10.7. The first-order valence-electron chi connectivity index (χ1n) is 11.0. The van der Waals surface area contributed by atoms with Crippen molar-refractivity contribution < 1.29 is 4.79 Å². The maximum Gasteiger partial charge on any atom is 0.233 e. The largest absolute Gasteiger partial charge is 0.324 e. The minimum atomic E-state index is -0.473. The molecule has 1 heterocycles. The van der Waals surface area contributed by atoms with Crippen LogP contribution in [0.3, 0.4) is 0 Å². The molecule has 0 aromatic heterocycles. The first kappa shape index (κ1) is 20.9. The molecule has 1 aliphatic carbocycles. The molecule has 4 aromatic rings. The fourth-order valence-electron chi connectivity index (χ4n) is 5.63. The summed E-state index contributed by atoms with van der Waals surface area (Å²) in [4.78, 5) is 13.7. The lowest BCUT2D eigenvalue weighted by Gasteiger charge is -2.35. The molecule has 0 radical (unpaired) electrons. The molecule has 1 aliphatic heterocycles. The van der Waals surface area contributed by atoms with E-state index in [0.29, 0.717) is 0 Å². The van der Waals surface area contributed by atoms with E-state index in [2.05, 4.69) is 123 Å². The summed E-state index contributed by atoms with van der Waals surface area (Å²) in [6.07, 6.45) is 5.19. The molecule has 0 saturated carbocycles. The van der Waals surface area contributed by atoms with Crippen molar-refractivity contribution in [2.45, 2.75) is 24.7 Å². The molecule has 0 bridgehead atoms. The van der Waals surface area contributed by atoms with Crippen LogP contribution < -0.4 is 5.32 Å². The third-order valence-electron chi connectivity index (χ3n) is 7.17. The van der Waals surface area contributed by atoms with Gasteiger partial charge in [-0.05, 0) is 73.9 Å². The number of halogens is 2. The molecule has 4 aromatic carbocycles. The van der Waals surface area contributed by atoms with Gasteiger partial charge >= 0.3 is 0 Å². The van der Waals surface area contributed by atoms with Gasteiger partial charge in [-0.3, -0.25) is 4.79 Å². The lowest BCUT2D eigenvalue weighted by atomic mass is 9.65. The van der Waals surface area contributed by atoms with Gasteiger partial charge in [0.15, 0.2) is 0 Å². The number of hydrogen-bond donors (Lipinski definition) is 1. The standard InChI is InChI=1S/C29H21Br2NO/c1-17-23(30)15-24(31)27-25(17)26(28(33)32-27)29(13-12-20-7-4-5-9-22(20)29)16-18-10-11-19-6-2-3-8-21(19)14-18/h2-15,26H,16H2,1H3,(H,32,33). The lowest BCUT2D eigenvalue weighted by Crippen LogP contribution is -2.37. The Bertz CT molecular complexity index is 1490. The fourth-order valence-corrected chi connectivity index (χ4v) is 6.92. The van der Waals surface area contributed by atoms with Crippen molar-refractivity contribution in [1.29, 1.82) is 0 Å². The minimum absolute atomic E-state index is 0.0500. The van der Waals surface area contributed by atoms with E-state index in [9.17, 15) is 4.79 Å². The smallest absolute Gasteiger partial charge is 0.233 e.